The van der Waals surface area contributed by atoms with Crippen LogP contribution < -0.4 is 11.2 Å². The Balaban J connectivity index is 2.20. The Morgan fingerprint density at radius 3 is 2.59 bits per heavy atom. The molecular weight excluding hydrogens is 222 g/mol. The molecule has 0 saturated carbocycles. The van der Waals surface area contributed by atoms with Gasteiger partial charge < -0.3 is 9.88 Å². The normalized spacial score (nSPS) is 17.1. The number of rotatable bonds is 1. The molecule has 0 spiro atoms. The van der Waals surface area contributed by atoms with Gasteiger partial charge in [-0.15, -0.1) is 0 Å². The number of likely N-dealkylation sites (tertiary alicyclic amines) is 1. The first-order valence-corrected chi connectivity index (χ1v) is 5.69. The Labute approximate surface area is 97.7 Å². The van der Waals surface area contributed by atoms with Crippen LogP contribution in [0.1, 0.15) is 30.1 Å². The zero-order valence-electron chi connectivity index (χ0n) is 9.66. The molecule has 6 heteroatoms. The Morgan fingerprint density at radius 1 is 1.35 bits per heavy atom. The summed E-state index contributed by atoms with van der Waals surface area (Å²) in [5.41, 5.74) is -1.23. The summed E-state index contributed by atoms with van der Waals surface area (Å²) in [7, 11) is 0. The minimum absolute atomic E-state index is 0.000784. The standard InChI is InChI=1S/C11H15N3O3/c1-7-2-4-14(5-3-7)10(16)8-6-12-11(17)13-9(8)15/h6-7H,2-5H2,1H3,(H2,12,13,15,17). The van der Waals surface area contributed by atoms with Gasteiger partial charge in [0, 0.05) is 19.3 Å². The number of H-pyrrole nitrogens is 2. The quantitative estimate of drug-likeness (QED) is 0.717. The fourth-order valence-corrected chi connectivity index (χ4v) is 1.95. The van der Waals surface area contributed by atoms with E-state index in [-0.39, 0.29) is 11.5 Å². The number of hydrogen-bond acceptors (Lipinski definition) is 3. The maximum atomic E-state index is 12.0. The number of aromatic nitrogens is 2. The lowest BCUT2D eigenvalue weighted by Crippen LogP contribution is -2.41. The van der Waals surface area contributed by atoms with Crippen molar-refractivity contribution in [1.82, 2.24) is 14.9 Å². The van der Waals surface area contributed by atoms with Crippen LogP contribution in [0.15, 0.2) is 15.8 Å². The SMILES string of the molecule is CC1CCN(C(=O)c2c[nH]c(=O)[nH]c2=O)CC1. The van der Waals surface area contributed by atoms with E-state index in [1.54, 1.807) is 4.90 Å². The molecule has 2 rings (SSSR count). The average molecular weight is 237 g/mol. The van der Waals surface area contributed by atoms with Crippen LogP contribution in [0.2, 0.25) is 0 Å². The number of piperidine rings is 1. The number of nitrogens with zero attached hydrogens (tertiary/aromatic N) is 1. The summed E-state index contributed by atoms with van der Waals surface area (Å²) in [5, 5.41) is 0. The van der Waals surface area contributed by atoms with Crippen molar-refractivity contribution in [2.45, 2.75) is 19.8 Å². The van der Waals surface area contributed by atoms with Gasteiger partial charge in [-0.3, -0.25) is 14.6 Å². The van der Waals surface area contributed by atoms with Crippen molar-refractivity contribution in [2.75, 3.05) is 13.1 Å². The molecule has 0 bridgehead atoms. The molecule has 0 aliphatic carbocycles. The number of carbonyl (C=O) groups excluding carboxylic acids is 1. The lowest BCUT2D eigenvalue weighted by molar-refractivity contribution is 0.0695. The van der Waals surface area contributed by atoms with E-state index in [4.69, 9.17) is 0 Å². The Bertz CT molecular complexity index is 523. The van der Waals surface area contributed by atoms with Crippen LogP contribution in [-0.2, 0) is 0 Å². The smallest absolute Gasteiger partial charge is 0.325 e. The highest BCUT2D eigenvalue weighted by atomic mass is 16.2. The second kappa shape index (κ2) is 4.57. The molecule has 2 N–H and O–H groups in total. The van der Waals surface area contributed by atoms with E-state index in [2.05, 4.69) is 16.9 Å². The van der Waals surface area contributed by atoms with Gasteiger partial charge in [-0.1, -0.05) is 6.92 Å². The van der Waals surface area contributed by atoms with E-state index in [9.17, 15) is 14.4 Å². The minimum Gasteiger partial charge on any atom is -0.338 e. The number of aromatic amines is 2. The summed E-state index contributed by atoms with van der Waals surface area (Å²) in [5.74, 6) is 0.308. The van der Waals surface area contributed by atoms with Crippen molar-refractivity contribution < 1.29 is 4.79 Å². The van der Waals surface area contributed by atoms with Gasteiger partial charge in [0.1, 0.15) is 5.56 Å². The first-order chi connectivity index (χ1) is 8.08. The number of nitrogens with one attached hydrogen (secondary N) is 2. The maximum Gasteiger partial charge on any atom is 0.325 e. The third kappa shape index (κ3) is 2.46. The predicted octanol–water partition coefficient (Wildman–Crippen LogP) is -0.0647. The van der Waals surface area contributed by atoms with Crippen molar-refractivity contribution >= 4 is 5.91 Å². The van der Waals surface area contributed by atoms with Crippen LogP contribution in [0.3, 0.4) is 0 Å². The largest absolute Gasteiger partial charge is 0.338 e. The lowest BCUT2D eigenvalue weighted by atomic mass is 9.99. The zero-order chi connectivity index (χ0) is 12.4. The number of hydrogen-bond donors (Lipinski definition) is 2. The molecule has 1 aromatic heterocycles. The van der Waals surface area contributed by atoms with Crippen LogP contribution in [-0.4, -0.2) is 33.9 Å². The fraction of sp³-hybridized carbons (Fsp3) is 0.545. The van der Waals surface area contributed by atoms with Gasteiger partial charge in [0.2, 0.25) is 0 Å². The van der Waals surface area contributed by atoms with Crippen LogP contribution in [0.5, 0.6) is 0 Å². The third-order valence-electron chi connectivity index (χ3n) is 3.12. The van der Waals surface area contributed by atoms with Crippen molar-refractivity contribution in [3.8, 4) is 0 Å². The molecule has 0 atom stereocenters. The first-order valence-electron chi connectivity index (χ1n) is 5.69. The van der Waals surface area contributed by atoms with Gasteiger partial charge in [-0.2, -0.15) is 0 Å². The molecule has 1 saturated heterocycles. The van der Waals surface area contributed by atoms with Gasteiger partial charge in [-0.05, 0) is 18.8 Å². The predicted molar refractivity (Wildman–Crippen MR) is 62.0 cm³/mol. The summed E-state index contributed by atoms with van der Waals surface area (Å²) in [4.78, 5) is 40.4. The van der Waals surface area contributed by atoms with E-state index < -0.39 is 11.2 Å². The number of amides is 1. The highest BCUT2D eigenvalue weighted by Crippen LogP contribution is 2.16. The zero-order valence-corrected chi connectivity index (χ0v) is 9.66. The van der Waals surface area contributed by atoms with E-state index >= 15 is 0 Å². The van der Waals surface area contributed by atoms with Crippen LogP contribution in [0, 0.1) is 5.92 Å². The molecule has 1 amide bonds. The second-order valence-corrected chi connectivity index (χ2v) is 4.46. The molecule has 1 aliphatic rings. The lowest BCUT2D eigenvalue weighted by Gasteiger charge is -2.29. The van der Waals surface area contributed by atoms with Gasteiger partial charge in [0.25, 0.3) is 11.5 Å². The maximum absolute atomic E-state index is 12.0. The van der Waals surface area contributed by atoms with Crippen molar-refractivity contribution in [3.05, 3.63) is 32.6 Å². The number of carbonyl (C=O) groups is 1. The Hall–Kier alpha value is -1.85. The van der Waals surface area contributed by atoms with Crippen LogP contribution in [0.25, 0.3) is 0 Å². The molecule has 1 aromatic rings. The van der Waals surface area contributed by atoms with E-state index in [1.807, 2.05) is 0 Å². The molecule has 0 radical (unpaired) electrons. The summed E-state index contributed by atoms with van der Waals surface area (Å²) in [6, 6.07) is 0. The van der Waals surface area contributed by atoms with Gasteiger partial charge in [0.05, 0.1) is 0 Å². The highest BCUT2D eigenvalue weighted by Gasteiger charge is 2.23. The van der Waals surface area contributed by atoms with Gasteiger partial charge in [0.15, 0.2) is 0 Å². The van der Waals surface area contributed by atoms with Crippen LogP contribution in [0.4, 0.5) is 0 Å². The molecule has 1 fully saturated rings. The van der Waals surface area contributed by atoms with Gasteiger partial charge in [-0.25, -0.2) is 4.79 Å². The minimum atomic E-state index is -0.627. The van der Waals surface area contributed by atoms with Crippen LogP contribution >= 0.6 is 0 Å². The molecule has 17 heavy (non-hydrogen) atoms. The summed E-state index contributed by atoms with van der Waals surface area (Å²) < 4.78 is 0. The molecule has 6 nitrogen and oxygen atoms in total. The molecular formula is C11H15N3O3. The molecule has 2 heterocycles. The molecule has 0 aromatic carbocycles. The highest BCUT2D eigenvalue weighted by molar-refractivity contribution is 5.93. The second-order valence-electron chi connectivity index (χ2n) is 4.46. The van der Waals surface area contributed by atoms with E-state index in [1.165, 1.54) is 6.20 Å². The van der Waals surface area contributed by atoms with Crippen molar-refractivity contribution in [2.24, 2.45) is 5.92 Å². The van der Waals surface area contributed by atoms with Gasteiger partial charge >= 0.3 is 5.69 Å². The average Bonchev–Trinajstić information content (AvgIpc) is 2.29. The Morgan fingerprint density at radius 2 is 2.00 bits per heavy atom. The summed E-state index contributed by atoms with van der Waals surface area (Å²) in [6.07, 6.45) is 3.08. The monoisotopic (exact) mass is 237 g/mol. The van der Waals surface area contributed by atoms with E-state index in [0.29, 0.717) is 19.0 Å². The summed E-state index contributed by atoms with van der Waals surface area (Å²) >= 11 is 0. The molecule has 1 aliphatic heterocycles. The topological polar surface area (TPSA) is 86.0 Å². The first kappa shape index (κ1) is 11.6. The third-order valence-corrected chi connectivity index (χ3v) is 3.12. The molecule has 0 unspecified atom stereocenters. The fourth-order valence-electron chi connectivity index (χ4n) is 1.95. The molecule has 92 valence electrons. The van der Waals surface area contributed by atoms with Crippen molar-refractivity contribution in [1.29, 1.82) is 0 Å². The Kier molecular flexibility index (Phi) is 3.12. The van der Waals surface area contributed by atoms with Crippen molar-refractivity contribution in [3.63, 3.8) is 0 Å². The van der Waals surface area contributed by atoms with E-state index in [0.717, 1.165) is 12.8 Å². The summed E-state index contributed by atoms with van der Waals surface area (Å²) in [6.45, 7) is 3.48.